The lowest BCUT2D eigenvalue weighted by molar-refractivity contribution is -0.129. The number of thiazole rings is 1. The normalized spacial score (nSPS) is 11.9. The van der Waals surface area contributed by atoms with Crippen LogP contribution in [0, 0.1) is 0 Å². The molecule has 0 aliphatic carbocycles. The minimum absolute atomic E-state index is 0.0329. The predicted molar refractivity (Wildman–Crippen MR) is 60.2 cm³/mol. The molecule has 1 aromatic carbocycles. The van der Waals surface area contributed by atoms with Gasteiger partial charge in [0.15, 0.2) is 5.71 Å². The lowest BCUT2D eigenvalue weighted by Crippen LogP contribution is -2.15. The second-order valence-corrected chi connectivity index (χ2v) is 4.22. The van der Waals surface area contributed by atoms with Gasteiger partial charge in [0.05, 0.1) is 16.6 Å². The first-order valence-electron chi connectivity index (χ1n) is 4.49. The van der Waals surface area contributed by atoms with Crippen molar-refractivity contribution >= 4 is 33.2 Å². The number of carbonyl (C=O) groups is 1. The fourth-order valence-electron chi connectivity index (χ4n) is 1.29. The summed E-state index contributed by atoms with van der Waals surface area (Å²) in [6.45, 7) is 0. The highest BCUT2D eigenvalue weighted by atomic mass is 32.1. The Morgan fingerprint density at radius 1 is 1.44 bits per heavy atom. The van der Waals surface area contributed by atoms with Crippen molar-refractivity contribution < 1.29 is 15.1 Å². The molecule has 2 N–H and O–H groups in total. The molecule has 0 spiro atoms. The fraction of sp³-hybridized carbons (Fsp3) is 0.100. The summed E-state index contributed by atoms with van der Waals surface area (Å²) in [6.07, 6.45) is 0.0329. The summed E-state index contributed by atoms with van der Waals surface area (Å²) < 4.78 is 0.986. The summed E-state index contributed by atoms with van der Waals surface area (Å²) in [5.41, 5.74) is 0.518. The molecule has 1 aromatic heterocycles. The van der Waals surface area contributed by atoms with E-state index >= 15 is 0 Å². The molecular formula is C10H8N2O3S. The Morgan fingerprint density at radius 3 is 2.81 bits per heavy atom. The molecule has 5 nitrogen and oxygen atoms in total. The van der Waals surface area contributed by atoms with Crippen LogP contribution < -0.4 is 0 Å². The molecule has 0 aliphatic heterocycles. The zero-order chi connectivity index (χ0) is 11.5. The topological polar surface area (TPSA) is 82.8 Å². The van der Waals surface area contributed by atoms with E-state index in [1.807, 2.05) is 24.3 Å². The van der Waals surface area contributed by atoms with E-state index in [2.05, 4.69) is 10.1 Å². The van der Waals surface area contributed by atoms with E-state index in [0.29, 0.717) is 5.01 Å². The van der Waals surface area contributed by atoms with Crippen LogP contribution in [0.2, 0.25) is 0 Å². The average molecular weight is 236 g/mol. The second-order valence-electron chi connectivity index (χ2n) is 3.10. The van der Waals surface area contributed by atoms with Crippen molar-refractivity contribution in [2.45, 2.75) is 6.42 Å². The Hall–Kier alpha value is -1.95. The number of nitrogens with zero attached hydrogens (tertiary/aromatic N) is 2. The summed E-state index contributed by atoms with van der Waals surface area (Å²) in [4.78, 5) is 14.9. The number of carboxylic acids is 1. The average Bonchev–Trinajstić information content (AvgIpc) is 2.67. The largest absolute Gasteiger partial charge is 0.477 e. The van der Waals surface area contributed by atoms with Crippen molar-refractivity contribution in [2.75, 3.05) is 0 Å². The highest BCUT2D eigenvalue weighted by Crippen LogP contribution is 2.21. The number of aliphatic carboxylic acids is 1. The Labute approximate surface area is 94.7 Å². The van der Waals surface area contributed by atoms with Gasteiger partial charge in [-0.25, -0.2) is 9.78 Å². The van der Waals surface area contributed by atoms with E-state index in [1.165, 1.54) is 11.3 Å². The maximum Gasteiger partial charge on any atom is 0.354 e. The van der Waals surface area contributed by atoms with Crippen LogP contribution in [0.4, 0.5) is 0 Å². The first-order valence-corrected chi connectivity index (χ1v) is 5.31. The number of aromatic nitrogens is 1. The molecule has 2 rings (SSSR count). The number of fused-ring (bicyclic) bond motifs is 1. The Morgan fingerprint density at radius 2 is 2.19 bits per heavy atom. The molecule has 0 aliphatic rings. The Bertz CT molecular complexity index is 529. The van der Waals surface area contributed by atoms with Crippen LogP contribution in [0.25, 0.3) is 10.2 Å². The molecule has 82 valence electrons. The molecular weight excluding hydrogens is 228 g/mol. The highest BCUT2D eigenvalue weighted by molar-refractivity contribution is 7.18. The summed E-state index contributed by atoms with van der Waals surface area (Å²) in [7, 11) is 0. The number of hydrogen-bond acceptors (Lipinski definition) is 5. The molecule has 0 saturated heterocycles. The van der Waals surface area contributed by atoms with E-state index in [9.17, 15) is 4.79 Å². The maximum atomic E-state index is 10.6. The number of benzene rings is 1. The fourth-order valence-corrected chi connectivity index (χ4v) is 2.26. The summed E-state index contributed by atoms with van der Waals surface area (Å²) in [5, 5.41) is 20.6. The van der Waals surface area contributed by atoms with Gasteiger partial charge in [0.1, 0.15) is 5.01 Å². The van der Waals surface area contributed by atoms with Gasteiger partial charge in [-0.15, -0.1) is 11.3 Å². The minimum atomic E-state index is -1.23. The van der Waals surface area contributed by atoms with Gasteiger partial charge in [-0.2, -0.15) is 0 Å². The molecule has 0 radical (unpaired) electrons. The van der Waals surface area contributed by atoms with Gasteiger partial charge < -0.3 is 10.3 Å². The summed E-state index contributed by atoms with van der Waals surface area (Å²) in [6, 6.07) is 7.52. The minimum Gasteiger partial charge on any atom is -0.477 e. The SMILES string of the molecule is O=C(O)/C(Cc1nc2ccccc2s1)=N\O. The lowest BCUT2D eigenvalue weighted by atomic mass is 10.3. The number of para-hydroxylation sites is 1. The van der Waals surface area contributed by atoms with Crippen molar-refractivity contribution in [3.8, 4) is 0 Å². The third kappa shape index (κ3) is 2.01. The van der Waals surface area contributed by atoms with Crippen LogP contribution >= 0.6 is 11.3 Å². The maximum absolute atomic E-state index is 10.6. The van der Waals surface area contributed by atoms with Gasteiger partial charge >= 0.3 is 5.97 Å². The van der Waals surface area contributed by atoms with E-state index in [0.717, 1.165) is 10.2 Å². The molecule has 6 heteroatoms. The van der Waals surface area contributed by atoms with Crippen LogP contribution in [0.5, 0.6) is 0 Å². The van der Waals surface area contributed by atoms with Crippen molar-refractivity contribution in [1.29, 1.82) is 0 Å². The van der Waals surface area contributed by atoms with Gasteiger partial charge in [-0.3, -0.25) is 0 Å². The quantitative estimate of drug-likeness (QED) is 0.483. The number of hydrogen-bond donors (Lipinski definition) is 2. The first-order chi connectivity index (χ1) is 7.70. The van der Waals surface area contributed by atoms with Crippen LogP contribution in [0.15, 0.2) is 29.4 Å². The third-order valence-electron chi connectivity index (χ3n) is 2.02. The zero-order valence-electron chi connectivity index (χ0n) is 8.12. The van der Waals surface area contributed by atoms with E-state index in [4.69, 9.17) is 10.3 Å². The zero-order valence-corrected chi connectivity index (χ0v) is 8.94. The van der Waals surface area contributed by atoms with Gasteiger partial charge in [-0.05, 0) is 12.1 Å². The number of carboxylic acid groups (broad SMARTS) is 1. The van der Waals surface area contributed by atoms with E-state index in [-0.39, 0.29) is 12.1 Å². The lowest BCUT2D eigenvalue weighted by Gasteiger charge is -1.93. The molecule has 0 atom stereocenters. The van der Waals surface area contributed by atoms with Gasteiger partial charge in [0, 0.05) is 0 Å². The number of oxime groups is 1. The smallest absolute Gasteiger partial charge is 0.354 e. The van der Waals surface area contributed by atoms with Crippen LogP contribution in [0.3, 0.4) is 0 Å². The van der Waals surface area contributed by atoms with Crippen molar-refractivity contribution in [1.82, 2.24) is 4.98 Å². The summed E-state index contributed by atoms with van der Waals surface area (Å²) >= 11 is 1.39. The second kappa shape index (κ2) is 4.28. The summed E-state index contributed by atoms with van der Waals surface area (Å²) in [5.74, 6) is -1.23. The van der Waals surface area contributed by atoms with Crippen molar-refractivity contribution in [3.63, 3.8) is 0 Å². The molecule has 2 aromatic rings. The van der Waals surface area contributed by atoms with Crippen molar-refractivity contribution in [3.05, 3.63) is 29.3 Å². The van der Waals surface area contributed by atoms with Gasteiger partial charge in [-0.1, -0.05) is 17.3 Å². The Kier molecular flexibility index (Phi) is 2.82. The van der Waals surface area contributed by atoms with Crippen LogP contribution in [-0.4, -0.2) is 27.0 Å². The molecule has 0 saturated carbocycles. The monoisotopic (exact) mass is 236 g/mol. The Balaban J connectivity index is 2.31. The molecule has 0 fully saturated rings. The van der Waals surface area contributed by atoms with Crippen LogP contribution in [-0.2, 0) is 11.2 Å². The highest BCUT2D eigenvalue weighted by Gasteiger charge is 2.13. The van der Waals surface area contributed by atoms with Crippen molar-refractivity contribution in [2.24, 2.45) is 5.16 Å². The third-order valence-corrected chi connectivity index (χ3v) is 3.06. The molecule has 16 heavy (non-hydrogen) atoms. The first kappa shape index (κ1) is 10.6. The van der Waals surface area contributed by atoms with Gasteiger partial charge in [0.25, 0.3) is 0 Å². The predicted octanol–water partition coefficient (Wildman–Crippen LogP) is 1.75. The van der Waals surface area contributed by atoms with E-state index in [1.54, 1.807) is 0 Å². The number of rotatable bonds is 3. The molecule has 0 bridgehead atoms. The molecule has 0 unspecified atom stereocenters. The van der Waals surface area contributed by atoms with Gasteiger partial charge in [0.2, 0.25) is 0 Å². The molecule has 0 amide bonds. The molecule has 1 heterocycles. The van der Waals surface area contributed by atoms with Crippen LogP contribution in [0.1, 0.15) is 5.01 Å². The standard InChI is InChI=1S/C10H8N2O3S/c13-10(14)7(12-15)5-9-11-6-3-1-2-4-8(6)16-9/h1-4,15H,5H2,(H,13,14)/b12-7-. The van der Waals surface area contributed by atoms with E-state index < -0.39 is 5.97 Å².